The van der Waals surface area contributed by atoms with E-state index in [4.69, 9.17) is 0 Å². The maximum atomic E-state index is 12.1. The average Bonchev–Trinajstić information content (AvgIpc) is 2.32. The molecule has 2 fully saturated rings. The largest absolute Gasteiger partial charge is 0.299 e. The standard InChI is InChI=1S/C19H24O4/c1-18(2)8-14(20)12(15(21)9-18)6-5-7-13-16(22)10-19(3,4)11-17(13)23/h5-7,12H,8-11H2,1-4H3/b6-5+. The van der Waals surface area contributed by atoms with Crippen molar-refractivity contribution in [2.75, 3.05) is 0 Å². The topological polar surface area (TPSA) is 68.3 Å². The Kier molecular flexibility index (Phi) is 4.56. The van der Waals surface area contributed by atoms with Crippen LogP contribution in [0.4, 0.5) is 0 Å². The predicted octanol–water partition coefficient (Wildman–Crippen LogP) is 3.00. The van der Waals surface area contributed by atoms with Crippen LogP contribution in [0.2, 0.25) is 0 Å². The summed E-state index contributed by atoms with van der Waals surface area (Å²) in [6, 6.07) is 0. The minimum absolute atomic E-state index is 0.0941. The van der Waals surface area contributed by atoms with Crippen molar-refractivity contribution >= 4 is 23.1 Å². The zero-order valence-corrected chi connectivity index (χ0v) is 14.3. The molecule has 0 aromatic carbocycles. The first-order valence-corrected chi connectivity index (χ1v) is 8.01. The first kappa shape index (κ1) is 17.5. The number of hydrogen-bond acceptors (Lipinski definition) is 4. The van der Waals surface area contributed by atoms with Crippen LogP contribution in [-0.2, 0) is 19.2 Å². The van der Waals surface area contributed by atoms with Crippen molar-refractivity contribution < 1.29 is 19.2 Å². The Bertz CT molecular complexity index is 590. The van der Waals surface area contributed by atoms with E-state index in [2.05, 4.69) is 0 Å². The van der Waals surface area contributed by atoms with Crippen molar-refractivity contribution in [2.24, 2.45) is 16.7 Å². The van der Waals surface area contributed by atoms with Gasteiger partial charge in [-0.1, -0.05) is 39.8 Å². The number of carbonyl (C=O) groups excluding carboxylic acids is 4. The third kappa shape index (κ3) is 4.12. The summed E-state index contributed by atoms with van der Waals surface area (Å²) in [4.78, 5) is 48.3. The van der Waals surface area contributed by atoms with Gasteiger partial charge >= 0.3 is 0 Å². The van der Waals surface area contributed by atoms with Crippen LogP contribution in [0.25, 0.3) is 0 Å². The van der Waals surface area contributed by atoms with Gasteiger partial charge in [-0.05, 0) is 16.9 Å². The maximum Gasteiger partial charge on any atom is 0.166 e. The molecule has 0 spiro atoms. The molecule has 2 saturated carbocycles. The first-order valence-electron chi connectivity index (χ1n) is 8.01. The molecule has 4 nitrogen and oxygen atoms in total. The van der Waals surface area contributed by atoms with Gasteiger partial charge in [0.1, 0.15) is 11.6 Å². The van der Waals surface area contributed by atoms with Crippen molar-refractivity contribution in [1.82, 2.24) is 0 Å². The number of hydrogen-bond donors (Lipinski definition) is 0. The maximum absolute atomic E-state index is 12.1. The highest BCUT2D eigenvalue weighted by atomic mass is 16.2. The summed E-state index contributed by atoms with van der Waals surface area (Å²) in [5, 5.41) is 0. The van der Waals surface area contributed by atoms with Gasteiger partial charge in [-0.15, -0.1) is 0 Å². The first-order chi connectivity index (χ1) is 10.5. The van der Waals surface area contributed by atoms with Gasteiger partial charge in [0.25, 0.3) is 0 Å². The summed E-state index contributed by atoms with van der Waals surface area (Å²) in [6.07, 6.45) is 5.92. The van der Waals surface area contributed by atoms with Gasteiger partial charge in [-0.3, -0.25) is 19.2 Å². The summed E-state index contributed by atoms with van der Waals surface area (Å²) in [7, 11) is 0. The van der Waals surface area contributed by atoms with Crippen LogP contribution >= 0.6 is 0 Å². The predicted molar refractivity (Wildman–Crippen MR) is 86.8 cm³/mol. The summed E-state index contributed by atoms with van der Waals surface area (Å²) < 4.78 is 0. The quantitative estimate of drug-likeness (QED) is 0.446. The Morgan fingerprint density at radius 2 is 1.22 bits per heavy atom. The SMILES string of the molecule is CC1(C)CC(=O)C(=C/C=C/C2C(=O)CC(C)(C)CC2=O)C(=O)C1. The van der Waals surface area contributed by atoms with Gasteiger partial charge in [0, 0.05) is 25.7 Å². The Morgan fingerprint density at radius 1 is 0.783 bits per heavy atom. The van der Waals surface area contributed by atoms with Crippen LogP contribution in [0.3, 0.4) is 0 Å². The minimum Gasteiger partial charge on any atom is -0.299 e. The van der Waals surface area contributed by atoms with Gasteiger partial charge in [-0.2, -0.15) is 0 Å². The summed E-state index contributed by atoms with van der Waals surface area (Å²) in [5.74, 6) is -1.27. The van der Waals surface area contributed by atoms with E-state index in [1.165, 1.54) is 18.2 Å². The van der Waals surface area contributed by atoms with Crippen LogP contribution in [0.5, 0.6) is 0 Å². The molecule has 0 heterocycles. The van der Waals surface area contributed by atoms with Gasteiger partial charge in [0.15, 0.2) is 11.6 Å². The van der Waals surface area contributed by atoms with E-state index < -0.39 is 5.92 Å². The highest BCUT2D eigenvalue weighted by Gasteiger charge is 2.38. The molecule has 0 bridgehead atoms. The zero-order chi connectivity index (χ0) is 17.4. The van der Waals surface area contributed by atoms with E-state index in [1.807, 2.05) is 27.7 Å². The number of ketones is 4. The summed E-state index contributed by atoms with van der Waals surface area (Å²) in [6.45, 7) is 7.62. The molecule has 23 heavy (non-hydrogen) atoms. The fourth-order valence-corrected chi connectivity index (χ4v) is 3.35. The smallest absolute Gasteiger partial charge is 0.166 e. The van der Waals surface area contributed by atoms with E-state index >= 15 is 0 Å². The van der Waals surface area contributed by atoms with Crippen LogP contribution in [0.15, 0.2) is 23.8 Å². The molecule has 0 saturated heterocycles. The monoisotopic (exact) mass is 316 g/mol. The van der Waals surface area contributed by atoms with Crippen molar-refractivity contribution in [3.8, 4) is 0 Å². The third-order valence-electron chi connectivity index (χ3n) is 4.44. The fourth-order valence-electron chi connectivity index (χ4n) is 3.35. The lowest BCUT2D eigenvalue weighted by Crippen LogP contribution is -2.36. The molecule has 2 aliphatic carbocycles. The van der Waals surface area contributed by atoms with Gasteiger partial charge < -0.3 is 0 Å². The highest BCUT2D eigenvalue weighted by molar-refractivity contribution is 6.22. The molecule has 124 valence electrons. The molecule has 0 N–H and O–H groups in total. The number of allylic oxidation sites excluding steroid dienone is 4. The Balaban J connectivity index is 2.12. The lowest BCUT2D eigenvalue weighted by molar-refractivity contribution is -0.137. The van der Waals surface area contributed by atoms with E-state index in [9.17, 15) is 19.2 Å². The van der Waals surface area contributed by atoms with Gasteiger partial charge in [0.2, 0.25) is 0 Å². The molecular weight excluding hydrogens is 292 g/mol. The zero-order valence-electron chi connectivity index (χ0n) is 14.3. The average molecular weight is 316 g/mol. The molecule has 0 unspecified atom stereocenters. The Morgan fingerprint density at radius 3 is 1.70 bits per heavy atom. The summed E-state index contributed by atoms with van der Waals surface area (Å²) in [5.41, 5.74) is -0.398. The molecule has 0 aromatic rings. The van der Waals surface area contributed by atoms with Crippen LogP contribution in [-0.4, -0.2) is 23.1 Å². The second kappa shape index (κ2) is 5.99. The molecule has 0 amide bonds. The van der Waals surface area contributed by atoms with E-state index in [-0.39, 0.29) is 39.5 Å². The van der Waals surface area contributed by atoms with Crippen molar-refractivity contribution in [2.45, 2.75) is 53.4 Å². The second-order valence-corrected chi connectivity index (χ2v) is 8.26. The van der Waals surface area contributed by atoms with Crippen molar-refractivity contribution in [3.05, 3.63) is 23.8 Å². The molecule has 0 radical (unpaired) electrons. The third-order valence-corrected chi connectivity index (χ3v) is 4.44. The molecule has 0 aromatic heterocycles. The Hall–Kier alpha value is -1.84. The number of rotatable bonds is 2. The summed E-state index contributed by atoms with van der Waals surface area (Å²) >= 11 is 0. The second-order valence-electron chi connectivity index (χ2n) is 8.26. The fraction of sp³-hybridized carbons (Fsp3) is 0.579. The molecule has 0 atom stereocenters. The molecule has 0 aliphatic heterocycles. The molecule has 4 heteroatoms. The van der Waals surface area contributed by atoms with Gasteiger partial charge in [0.05, 0.1) is 11.5 Å². The van der Waals surface area contributed by atoms with Crippen LogP contribution < -0.4 is 0 Å². The van der Waals surface area contributed by atoms with Crippen molar-refractivity contribution in [3.63, 3.8) is 0 Å². The lowest BCUT2D eigenvalue weighted by atomic mass is 9.71. The van der Waals surface area contributed by atoms with E-state index in [0.29, 0.717) is 25.7 Å². The highest BCUT2D eigenvalue weighted by Crippen LogP contribution is 2.35. The normalized spacial score (nSPS) is 25.3. The van der Waals surface area contributed by atoms with Crippen molar-refractivity contribution in [1.29, 1.82) is 0 Å². The molecular formula is C19H24O4. The lowest BCUT2D eigenvalue weighted by Gasteiger charge is -2.30. The van der Waals surface area contributed by atoms with E-state index in [1.54, 1.807) is 0 Å². The number of Topliss-reactive ketones (excluding diaryl/α,β-unsaturated/α-hetero) is 4. The molecule has 2 rings (SSSR count). The Labute approximate surface area is 137 Å². The minimum atomic E-state index is -0.745. The van der Waals surface area contributed by atoms with Gasteiger partial charge in [-0.25, -0.2) is 0 Å². The van der Waals surface area contributed by atoms with Crippen LogP contribution in [0.1, 0.15) is 53.4 Å². The van der Waals surface area contributed by atoms with E-state index in [0.717, 1.165) is 0 Å². The number of carbonyl (C=O) groups is 4. The van der Waals surface area contributed by atoms with Crippen LogP contribution in [0, 0.1) is 16.7 Å². The molecule has 2 aliphatic rings.